The molecule has 1 amide bonds. The molecule has 0 saturated heterocycles. The van der Waals surface area contributed by atoms with Crippen molar-refractivity contribution < 1.29 is 9.53 Å². The van der Waals surface area contributed by atoms with Gasteiger partial charge in [-0.25, -0.2) is 9.78 Å². The molecule has 7 nitrogen and oxygen atoms in total. The smallest absolute Gasteiger partial charge is 0.407 e. The molecule has 0 unspecified atom stereocenters. The van der Waals surface area contributed by atoms with Gasteiger partial charge in [0.15, 0.2) is 5.96 Å². The minimum absolute atomic E-state index is 0.376. The van der Waals surface area contributed by atoms with Gasteiger partial charge in [-0.2, -0.15) is 0 Å². The van der Waals surface area contributed by atoms with Crippen LogP contribution in [0, 0.1) is 0 Å². The molecular formula is C20H35N5O2S. The van der Waals surface area contributed by atoms with E-state index < -0.39 is 5.60 Å². The molecule has 0 atom stereocenters. The number of hydrogen-bond donors (Lipinski definition) is 3. The van der Waals surface area contributed by atoms with Crippen molar-refractivity contribution in [1.82, 2.24) is 20.9 Å². The molecule has 1 aromatic heterocycles. The lowest BCUT2D eigenvalue weighted by molar-refractivity contribution is 0.0527. The number of nitrogens with one attached hydrogen (secondary N) is 3. The first-order valence-electron chi connectivity index (χ1n) is 10.3. The largest absolute Gasteiger partial charge is 0.444 e. The molecule has 1 aliphatic rings. The van der Waals surface area contributed by atoms with Crippen molar-refractivity contribution in [2.45, 2.75) is 71.3 Å². The molecule has 0 spiro atoms. The van der Waals surface area contributed by atoms with Crippen molar-refractivity contribution >= 4 is 23.4 Å². The monoisotopic (exact) mass is 409 g/mol. The van der Waals surface area contributed by atoms with E-state index in [0.717, 1.165) is 44.7 Å². The topological polar surface area (TPSA) is 87.6 Å². The summed E-state index contributed by atoms with van der Waals surface area (Å²) in [5.74, 6) is 0.788. The van der Waals surface area contributed by atoms with E-state index in [2.05, 4.69) is 20.9 Å². The number of thiazole rings is 1. The number of nitrogens with zero attached hydrogens (tertiary/aromatic N) is 2. The Bertz CT molecular complexity index is 628. The third-order valence-electron chi connectivity index (χ3n) is 4.29. The fourth-order valence-electron chi connectivity index (χ4n) is 2.98. The summed E-state index contributed by atoms with van der Waals surface area (Å²) in [4.78, 5) is 22.1. The van der Waals surface area contributed by atoms with Gasteiger partial charge in [0.05, 0.1) is 10.7 Å². The second kappa shape index (κ2) is 11.2. The van der Waals surface area contributed by atoms with Gasteiger partial charge in [0.1, 0.15) is 5.60 Å². The summed E-state index contributed by atoms with van der Waals surface area (Å²) in [6.07, 6.45) is 7.44. The zero-order valence-corrected chi connectivity index (χ0v) is 18.5. The van der Waals surface area contributed by atoms with Crippen molar-refractivity contribution in [3.05, 3.63) is 15.6 Å². The number of rotatable bonds is 8. The van der Waals surface area contributed by atoms with Crippen molar-refractivity contribution in [2.75, 3.05) is 26.7 Å². The highest BCUT2D eigenvalue weighted by molar-refractivity contribution is 7.11. The molecule has 3 N–H and O–H groups in total. The maximum atomic E-state index is 11.6. The molecule has 1 heterocycles. The molecule has 1 aliphatic carbocycles. The zero-order chi connectivity index (χ0) is 20.4. The third-order valence-corrected chi connectivity index (χ3v) is 5.50. The molecule has 0 saturated carbocycles. The van der Waals surface area contributed by atoms with E-state index in [1.807, 2.05) is 32.1 Å². The fourth-order valence-corrected chi connectivity index (χ4v) is 4.18. The van der Waals surface area contributed by atoms with Crippen LogP contribution in [-0.2, 0) is 24.0 Å². The van der Waals surface area contributed by atoms with Crippen LogP contribution in [0.25, 0.3) is 0 Å². The Balaban J connectivity index is 1.54. The number of guanidine groups is 1. The van der Waals surface area contributed by atoms with Crippen LogP contribution in [0.1, 0.15) is 62.0 Å². The second-order valence-electron chi connectivity index (χ2n) is 8.00. The Morgan fingerprint density at radius 3 is 2.46 bits per heavy atom. The Morgan fingerprint density at radius 1 is 1.11 bits per heavy atom. The van der Waals surface area contributed by atoms with Crippen LogP contribution >= 0.6 is 11.3 Å². The number of fused-ring (bicyclic) bond motifs is 1. The molecule has 0 radical (unpaired) electrons. The Labute approximate surface area is 172 Å². The van der Waals surface area contributed by atoms with Crippen molar-refractivity contribution in [3.8, 4) is 0 Å². The Hall–Kier alpha value is -1.83. The van der Waals surface area contributed by atoms with E-state index >= 15 is 0 Å². The maximum Gasteiger partial charge on any atom is 0.407 e. The van der Waals surface area contributed by atoms with E-state index in [1.165, 1.54) is 34.8 Å². The average Bonchev–Trinajstić information content (AvgIpc) is 3.04. The maximum absolute atomic E-state index is 11.6. The summed E-state index contributed by atoms with van der Waals surface area (Å²) in [7, 11) is 1.77. The molecule has 0 aliphatic heterocycles. The summed E-state index contributed by atoms with van der Waals surface area (Å²) < 4.78 is 5.20. The highest BCUT2D eigenvalue weighted by atomic mass is 32.1. The molecule has 0 aromatic carbocycles. The van der Waals surface area contributed by atoms with Gasteiger partial charge in [-0.15, -0.1) is 11.3 Å². The highest BCUT2D eigenvalue weighted by Crippen LogP contribution is 2.27. The normalized spacial score (nSPS) is 14.4. The van der Waals surface area contributed by atoms with Gasteiger partial charge in [-0.1, -0.05) is 0 Å². The van der Waals surface area contributed by atoms with Crippen LogP contribution < -0.4 is 16.0 Å². The number of aryl methyl sites for hydroxylation is 3. The standard InChI is InChI=1S/C20H35N5O2S/c1-20(2,3)27-19(26)24-14-8-13-23-18(21-4)22-12-7-11-17-25-15-9-5-6-10-16(15)28-17/h5-14H2,1-4H3,(H,24,26)(H2,21,22,23). The zero-order valence-electron chi connectivity index (χ0n) is 17.7. The Morgan fingerprint density at radius 2 is 1.79 bits per heavy atom. The predicted octanol–water partition coefficient (Wildman–Crippen LogP) is 3.03. The summed E-state index contributed by atoms with van der Waals surface area (Å²) in [5, 5.41) is 10.6. The van der Waals surface area contributed by atoms with Crippen LogP contribution in [0.3, 0.4) is 0 Å². The van der Waals surface area contributed by atoms with Gasteiger partial charge in [-0.3, -0.25) is 4.99 Å². The lowest BCUT2D eigenvalue weighted by Crippen LogP contribution is -2.39. The molecular weight excluding hydrogens is 374 g/mol. The van der Waals surface area contributed by atoms with Gasteiger partial charge in [0.2, 0.25) is 0 Å². The molecule has 2 rings (SSSR count). The number of aliphatic imine (C=N–C) groups is 1. The van der Waals surface area contributed by atoms with E-state index in [9.17, 15) is 4.79 Å². The van der Waals surface area contributed by atoms with Crippen molar-refractivity contribution in [1.29, 1.82) is 0 Å². The van der Waals surface area contributed by atoms with Crippen molar-refractivity contribution in [2.24, 2.45) is 4.99 Å². The fraction of sp³-hybridized carbons (Fsp3) is 0.750. The number of ether oxygens (including phenoxy) is 1. The number of aromatic nitrogens is 1. The average molecular weight is 410 g/mol. The third kappa shape index (κ3) is 8.46. The summed E-state index contributed by atoms with van der Waals surface area (Å²) in [6.45, 7) is 7.72. The van der Waals surface area contributed by atoms with E-state index in [0.29, 0.717) is 6.54 Å². The van der Waals surface area contributed by atoms with Crippen LogP contribution in [0.15, 0.2) is 4.99 Å². The number of hydrogen-bond acceptors (Lipinski definition) is 5. The first kappa shape index (κ1) is 22.5. The quantitative estimate of drug-likeness (QED) is 0.349. The minimum Gasteiger partial charge on any atom is -0.444 e. The van der Waals surface area contributed by atoms with Crippen LogP contribution in [0.5, 0.6) is 0 Å². The second-order valence-corrected chi connectivity index (χ2v) is 9.16. The Kier molecular flexibility index (Phi) is 9.02. The molecule has 1 aromatic rings. The lowest BCUT2D eigenvalue weighted by atomic mass is 10.0. The lowest BCUT2D eigenvalue weighted by Gasteiger charge is -2.19. The van der Waals surface area contributed by atoms with E-state index in [1.54, 1.807) is 7.05 Å². The highest BCUT2D eigenvalue weighted by Gasteiger charge is 2.16. The molecule has 158 valence electrons. The SMILES string of the molecule is CN=C(NCCCNC(=O)OC(C)(C)C)NCCCc1nc2c(s1)CCCC2. The minimum atomic E-state index is -0.466. The first-order valence-corrected chi connectivity index (χ1v) is 11.1. The van der Waals surface area contributed by atoms with Gasteiger partial charge >= 0.3 is 6.09 Å². The van der Waals surface area contributed by atoms with Gasteiger partial charge < -0.3 is 20.7 Å². The number of alkyl carbamates (subject to hydrolysis) is 1. The number of amides is 1. The number of carbonyl (C=O) groups is 1. The van der Waals surface area contributed by atoms with E-state index in [-0.39, 0.29) is 6.09 Å². The summed E-state index contributed by atoms with van der Waals surface area (Å²) in [6, 6.07) is 0. The summed E-state index contributed by atoms with van der Waals surface area (Å²) in [5.41, 5.74) is 0.878. The van der Waals surface area contributed by atoms with Crippen LogP contribution in [0.4, 0.5) is 4.79 Å². The van der Waals surface area contributed by atoms with Gasteiger partial charge in [0.25, 0.3) is 0 Å². The molecule has 8 heteroatoms. The molecule has 28 heavy (non-hydrogen) atoms. The van der Waals surface area contributed by atoms with Crippen molar-refractivity contribution in [3.63, 3.8) is 0 Å². The summed E-state index contributed by atoms with van der Waals surface area (Å²) >= 11 is 1.90. The molecule has 0 fully saturated rings. The van der Waals surface area contributed by atoms with E-state index in [4.69, 9.17) is 9.72 Å². The first-order chi connectivity index (χ1) is 13.4. The van der Waals surface area contributed by atoms with Gasteiger partial charge in [-0.05, 0) is 59.3 Å². The van der Waals surface area contributed by atoms with Crippen LogP contribution in [0.2, 0.25) is 0 Å². The predicted molar refractivity (Wildman–Crippen MR) is 115 cm³/mol. The van der Waals surface area contributed by atoms with Crippen LogP contribution in [-0.4, -0.2) is 49.3 Å². The molecule has 0 bridgehead atoms. The van der Waals surface area contributed by atoms with Gasteiger partial charge in [0, 0.05) is 38.0 Å². The number of carbonyl (C=O) groups excluding carboxylic acids is 1.